The molecule has 622 valence electrons. The predicted octanol–water partition coefficient (Wildman–Crippen LogP) is 12.3. The van der Waals surface area contributed by atoms with Crippen LogP contribution in [0.2, 0.25) is 0 Å². The molecule has 0 aliphatic carbocycles. The normalized spacial score (nSPS) is 14.7. The molecule has 10 aromatic rings. The molecule has 118 heavy (non-hydrogen) atoms. The maximum Gasteiger partial charge on any atom is 0.410 e. The van der Waals surface area contributed by atoms with E-state index in [0.29, 0.717) is 91.7 Å². The van der Waals surface area contributed by atoms with Gasteiger partial charge in [-0.15, -0.1) is 0 Å². The summed E-state index contributed by atoms with van der Waals surface area (Å²) in [5.41, 5.74) is 15.8. The lowest BCUT2D eigenvalue weighted by atomic mass is 10.00. The fourth-order valence-electron chi connectivity index (χ4n) is 15.0. The number of fused-ring (bicyclic) bond motifs is 2. The molecule has 0 bridgehead atoms. The lowest BCUT2D eigenvalue weighted by Gasteiger charge is -2.30. The molecular formula is C91H112N16O11. The molecule has 6 aromatic carbocycles. The SMILES string of the molecule is CC(C)(C)OC(=O)N1CCNCC1.CCc1nc2c(cnn2CC)c(NC2CCOCC2)c1CNC(=O)c1cccc(C(=O)NCc2cc(-c3cccc(C=O)c3)ccc2OC)c1.CCc1nc2c(cnn2CC)c(NC2CCOCC2)c1CNC(=O)c1cccc(C(=O)NCc2cc(-c3cccc(CN4CCNCC4)c3)ccc2OC)c1. The molecule has 0 unspecified atom stereocenters. The summed E-state index contributed by atoms with van der Waals surface area (Å²) >= 11 is 0. The van der Waals surface area contributed by atoms with Crippen LogP contribution in [-0.4, -0.2) is 186 Å². The number of methoxy groups -OCH3 is 2. The van der Waals surface area contributed by atoms with Gasteiger partial charge in [-0.3, -0.25) is 28.9 Å². The lowest BCUT2D eigenvalue weighted by molar-refractivity contribution is 0.0228. The van der Waals surface area contributed by atoms with Gasteiger partial charge >= 0.3 is 6.09 Å². The number of anilines is 2. The highest BCUT2D eigenvalue weighted by molar-refractivity contribution is 6.01. The van der Waals surface area contributed by atoms with Crippen molar-refractivity contribution in [3.63, 3.8) is 0 Å². The Hall–Kier alpha value is -11.6. The summed E-state index contributed by atoms with van der Waals surface area (Å²) in [4.78, 5) is 90.9. The predicted molar refractivity (Wildman–Crippen MR) is 459 cm³/mol. The van der Waals surface area contributed by atoms with E-state index in [1.165, 1.54) is 5.56 Å². The van der Waals surface area contributed by atoms with E-state index in [1.54, 1.807) is 73.7 Å². The van der Waals surface area contributed by atoms with Gasteiger partial charge in [0.25, 0.3) is 23.6 Å². The zero-order chi connectivity index (χ0) is 83.1. The fraction of sp³-hybridized carbons (Fsp3) is 0.407. The molecule has 27 heteroatoms. The first-order chi connectivity index (χ1) is 57.3. The fourth-order valence-corrected chi connectivity index (χ4v) is 15.0. The molecule has 8 heterocycles. The molecule has 4 aromatic heterocycles. The van der Waals surface area contributed by atoms with E-state index in [4.69, 9.17) is 33.7 Å². The number of piperazine rings is 2. The molecular weight excluding hydrogens is 1490 g/mol. The number of aldehydes is 1. The third kappa shape index (κ3) is 22.4. The van der Waals surface area contributed by atoms with Crippen LogP contribution in [0.25, 0.3) is 44.3 Å². The van der Waals surface area contributed by atoms with Gasteiger partial charge in [-0.1, -0.05) is 74.5 Å². The number of carbonyl (C=O) groups excluding carboxylic acids is 6. The first-order valence-corrected chi connectivity index (χ1v) is 41.2. The van der Waals surface area contributed by atoms with Crippen LogP contribution in [0.3, 0.4) is 0 Å². The first-order valence-electron chi connectivity index (χ1n) is 41.2. The second kappa shape index (κ2) is 41.5. The number of nitrogens with zero attached hydrogens (tertiary/aromatic N) is 8. The minimum Gasteiger partial charge on any atom is -0.496 e. The lowest BCUT2D eigenvalue weighted by Crippen LogP contribution is -2.48. The number of ether oxygens (including phenoxy) is 5. The highest BCUT2D eigenvalue weighted by Gasteiger charge is 2.28. The minimum absolute atomic E-state index is 0.200. The second-order valence-electron chi connectivity index (χ2n) is 30.6. The number of carbonyl (C=O) groups is 6. The van der Waals surface area contributed by atoms with Gasteiger partial charge in [0.15, 0.2) is 11.3 Å². The van der Waals surface area contributed by atoms with Crippen molar-refractivity contribution in [2.75, 3.05) is 104 Å². The maximum absolute atomic E-state index is 13.6. The average Bonchev–Trinajstić information content (AvgIpc) is 1.22. The van der Waals surface area contributed by atoms with E-state index in [9.17, 15) is 28.8 Å². The van der Waals surface area contributed by atoms with Crippen LogP contribution in [0, 0.1) is 0 Å². The quantitative estimate of drug-likeness (QED) is 0.0222. The number of hydrogen-bond donors (Lipinski definition) is 8. The zero-order valence-corrected chi connectivity index (χ0v) is 69.3. The molecule has 4 aliphatic heterocycles. The molecule has 5 amide bonds. The molecule has 0 radical (unpaired) electrons. The Morgan fingerprint density at radius 2 is 0.924 bits per heavy atom. The van der Waals surface area contributed by atoms with E-state index < -0.39 is 0 Å². The second-order valence-corrected chi connectivity index (χ2v) is 30.6. The number of nitrogens with one attached hydrogen (secondary N) is 8. The Kier molecular flexibility index (Phi) is 30.1. The molecule has 27 nitrogen and oxygen atoms in total. The molecule has 8 N–H and O–H groups in total. The Morgan fingerprint density at radius 1 is 0.508 bits per heavy atom. The van der Waals surface area contributed by atoms with Crippen LogP contribution >= 0.6 is 0 Å². The van der Waals surface area contributed by atoms with Crippen LogP contribution in [0.15, 0.2) is 146 Å². The number of benzene rings is 6. The minimum atomic E-state index is -0.387. The summed E-state index contributed by atoms with van der Waals surface area (Å²) in [6.07, 6.45) is 9.29. The average molecular weight is 1610 g/mol. The number of pyridine rings is 2. The molecule has 4 saturated heterocycles. The van der Waals surface area contributed by atoms with Gasteiger partial charge in [-0.05, 0) is 174 Å². The van der Waals surface area contributed by atoms with E-state index in [1.807, 2.05) is 91.9 Å². The Morgan fingerprint density at radius 3 is 1.35 bits per heavy atom. The summed E-state index contributed by atoms with van der Waals surface area (Å²) in [7, 11) is 3.21. The molecule has 0 spiro atoms. The zero-order valence-electron chi connectivity index (χ0n) is 69.3. The van der Waals surface area contributed by atoms with Gasteiger partial charge in [0, 0.05) is 198 Å². The van der Waals surface area contributed by atoms with Crippen LogP contribution in [-0.2, 0) is 72.9 Å². The van der Waals surface area contributed by atoms with E-state index in [2.05, 4.69) is 115 Å². The van der Waals surface area contributed by atoms with Crippen molar-refractivity contribution < 1.29 is 52.5 Å². The highest BCUT2D eigenvalue weighted by atomic mass is 16.6. The summed E-state index contributed by atoms with van der Waals surface area (Å²) in [5.74, 6) is 0.149. The number of amides is 5. The molecule has 4 fully saturated rings. The van der Waals surface area contributed by atoms with Gasteiger partial charge < -0.3 is 71.1 Å². The summed E-state index contributed by atoms with van der Waals surface area (Å²) in [6.45, 7) is 27.4. The largest absolute Gasteiger partial charge is 0.496 e. The van der Waals surface area contributed by atoms with Crippen LogP contribution in [0.4, 0.5) is 16.2 Å². The topological polar surface area (TPSA) is 313 Å². The third-order valence-corrected chi connectivity index (χ3v) is 21.4. The van der Waals surface area contributed by atoms with Gasteiger partial charge in [0.05, 0.1) is 48.8 Å². The Bertz CT molecular complexity index is 5130. The monoisotopic (exact) mass is 1600 g/mol. The number of rotatable bonds is 27. The van der Waals surface area contributed by atoms with Crippen molar-refractivity contribution >= 4 is 69.4 Å². The van der Waals surface area contributed by atoms with Gasteiger partial charge in [-0.2, -0.15) is 10.2 Å². The van der Waals surface area contributed by atoms with Gasteiger partial charge in [-0.25, -0.2) is 24.1 Å². The van der Waals surface area contributed by atoms with E-state index in [0.717, 1.165) is 180 Å². The molecule has 0 saturated carbocycles. The van der Waals surface area contributed by atoms with Gasteiger partial charge in [0.2, 0.25) is 0 Å². The summed E-state index contributed by atoms with van der Waals surface area (Å²) in [6, 6.07) is 41.7. The van der Waals surface area contributed by atoms with Crippen LogP contribution < -0.4 is 52.0 Å². The van der Waals surface area contributed by atoms with Crippen molar-refractivity contribution in [2.24, 2.45) is 0 Å². The van der Waals surface area contributed by atoms with Crippen molar-refractivity contribution in [3.05, 3.63) is 213 Å². The summed E-state index contributed by atoms with van der Waals surface area (Å²) in [5, 5.41) is 37.3. The standard InChI is InChI=1S/C43H52N8O4.C39H42N6O5.C9H18N2O2/c1-4-38-36(40(48-35-14-20-55-21-15-35)37-27-47-51(5-2)41(37)49-38)26-46-43(53)33-11-7-10-32(24-33)42(52)45-25-34-23-31(12-13-39(34)54-3)30-9-6-8-29(22-30)28-50-18-16-44-17-19-50;1-4-34-32(36(43-31-14-16-50-17-15-31)33-23-42-45(5-2)37(33)44-34)22-41-39(48)29-11-7-10-28(20-29)38(47)40-21-30-19-27(12-13-35(30)49-3)26-9-6-8-25(18-26)24-46;1-9(2,3)13-8(12)11-6-4-10-5-7-11/h6-13,22-24,27,35,44H,4-5,14-21,25-26,28H2,1-3H3,(H,45,52)(H,46,53)(H,48,49);6-13,18-20,23-24,31H,4-5,14-17,21-22H2,1-3H3,(H,40,47)(H,41,48)(H,43,44);10H,4-7H2,1-3H3. The highest BCUT2D eigenvalue weighted by Crippen LogP contribution is 2.35. The number of aromatic nitrogens is 6. The van der Waals surface area contributed by atoms with Crippen molar-refractivity contribution in [2.45, 2.75) is 150 Å². The molecule has 0 atom stereocenters. The number of aryl methyl sites for hydroxylation is 4. The summed E-state index contributed by atoms with van der Waals surface area (Å²) < 4.78 is 31.4. The Labute approximate surface area is 690 Å². The third-order valence-electron chi connectivity index (χ3n) is 21.4. The maximum atomic E-state index is 13.6. The van der Waals surface area contributed by atoms with E-state index in [-0.39, 0.29) is 73.6 Å². The number of hydrogen-bond acceptors (Lipinski definition) is 20. The van der Waals surface area contributed by atoms with Crippen LogP contribution in [0.5, 0.6) is 11.5 Å². The van der Waals surface area contributed by atoms with Crippen molar-refractivity contribution in [3.8, 4) is 33.8 Å². The van der Waals surface area contributed by atoms with Gasteiger partial charge in [0.1, 0.15) is 23.4 Å². The molecule has 14 rings (SSSR count). The van der Waals surface area contributed by atoms with Crippen molar-refractivity contribution in [1.82, 2.24) is 71.2 Å². The molecule has 4 aliphatic rings. The smallest absolute Gasteiger partial charge is 0.410 e. The van der Waals surface area contributed by atoms with E-state index >= 15 is 0 Å². The van der Waals surface area contributed by atoms with Crippen molar-refractivity contribution in [1.29, 1.82) is 0 Å². The Balaban J connectivity index is 0.000000189. The first kappa shape index (κ1) is 85.7. The van der Waals surface area contributed by atoms with Crippen LogP contribution in [0.1, 0.15) is 165 Å².